The Labute approximate surface area is 246 Å². The predicted octanol–water partition coefficient (Wildman–Crippen LogP) is 7.96. The molecule has 2 fully saturated rings. The van der Waals surface area contributed by atoms with Crippen LogP contribution in [-0.4, -0.2) is 23.9 Å². The second-order valence-electron chi connectivity index (χ2n) is 10.2. The molecule has 2 unspecified atom stereocenters. The Morgan fingerprint density at radius 2 is 1.75 bits per heavy atom. The number of hydrogen-bond donors (Lipinski definition) is 1. The van der Waals surface area contributed by atoms with Crippen LogP contribution in [0, 0.1) is 0 Å². The first-order valence-electron chi connectivity index (χ1n) is 13.1. The van der Waals surface area contributed by atoms with Crippen LogP contribution in [0.4, 0.5) is 0 Å². The highest BCUT2D eigenvalue weighted by atomic mass is 35.5. The average molecular weight is 596 g/mol. The highest BCUT2D eigenvalue weighted by Crippen LogP contribution is 2.56. The van der Waals surface area contributed by atoms with E-state index in [0.717, 1.165) is 41.7 Å². The van der Waals surface area contributed by atoms with E-state index in [4.69, 9.17) is 44.1 Å². The average Bonchev–Trinajstić information content (AvgIpc) is 3.89. The number of amides is 1. The zero-order valence-electron chi connectivity index (χ0n) is 21.3. The molecule has 1 aromatic heterocycles. The summed E-state index contributed by atoms with van der Waals surface area (Å²) >= 11 is 19.7. The monoisotopic (exact) mass is 594 g/mol. The van der Waals surface area contributed by atoms with E-state index in [1.807, 2.05) is 30.3 Å². The van der Waals surface area contributed by atoms with Crippen LogP contribution in [0.25, 0.3) is 11.3 Å². The van der Waals surface area contributed by atoms with E-state index < -0.39 is 0 Å². The van der Waals surface area contributed by atoms with Gasteiger partial charge in [-0.15, -0.1) is 0 Å². The first-order chi connectivity index (χ1) is 19.4. The molecule has 204 valence electrons. The van der Waals surface area contributed by atoms with Crippen LogP contribution in [0.3, 0.4) is 0 Å². The Hall–Kier alpha value is -3.32. The third kappa shape index (κ3) is 5.49. The zero-order chi connectivity index (χ0) is 27.8. The van der Waals surface area contributed by atoms with E-state index >= 15 is 0 Å². The standard InChI is InChI=1S/C31H25Cl3N2O4/c32-25-2-1-3-26(33)28(25)29-24(30(40-36-29)18-6-7-18)16-39-20-10-11-21(27(34)14-20)23-15-22(23)17-4-8-19(9-5-17)31(38)35-12-13-37/h1-5,8-11,13-14,18,22-23H,6-7,12,15-16H2,(H,35,38). The maximum Gasteiger partial charge on any atom is 0.251 e. The number of carbonyl (C=O) groups is 2. The predicted molar refractivity (Wildman–Crippen MR) is 155 cm³/mol. The zero-order valence-corrected chi connectivity index (χ0v) is 23.6. The van der Waals surface area contributed by atoms with Gasteiger partial charge >= 0.3 is 0 Å². The summed E-state index contributed by atoms with van der Waals surface area (Å²) in [5.41, 5.74) is 4.84. The third-order valence-electron chi connectivity index (χ3n) is 7.46. The molecule has 9 heteroatoms. The molecule has 0 bridgehead atoms. The minimum atomic E-state index is -0.262. The molecule has 1 heterocycles. The Balaban J connectivity index is 1.15. The van der Waals surface area contributed by atoms with E-state index in [0.29, 0.717) is 61.7 Å². The van der Waals surface area contributed by atoms with Crippen LogP contribution < -0.4 is 10.1 Å². The quantitative estimate of drug-likeness (QED) is 0.188. The molecule has 0 radical (unpaired) electrons. The highest BCUT2D eigenvalue weighted by molar-refractivity contribution is 6.39. The van der Waals surface area contributed by atoms with Crippen LogP contribution in [0.15, 0.2) is 65.2 Å². The number of ether oxygens (including phenoxy) is 1. The minimum Gasteiger partial charge on any atom is -0.489 e. The van der Waals surface area contributed by atoms with Crippen molar-refractivity contribution in [2.24, 2.45) is 0 Å². The lowest BCUT2D eigenvalue weighted by atomic mass is 10.0. The van der Waals surface area contributed by atoms with Gasteiger partial charge < -0.3 is 19.4 Å². The van der Waals surface area contributed by atoms with Gasteiger partial charge in [0.05, 0.1) is 22.2 Å². The lowest BCUT2D eigenvalue weighted by Crippen LogP contribution is -2.24. The molecule has 1 N–H and O–H groups in total. The second-order valence-corrected chi connectivity index (χ2v) is 11.4. The largest absolute Gasteiger partial charge is 0.489 e. The smallest absolute Gasteiger partial charge is 0.251 e. The molecule has 0 saturated heterocycles. The Morgan fingerprint density at radius 3 is 2.42 bits per heavy atom. The summed E-state index contributed by atoms with van der Waals surface area (Å²) in [6.45, 7) is 0.252. The van der Waals surface area contributed by atoms with E-state index in [1.165, 1.54) is 0 Å². The molecule has 6 rings (SSSR count). The van der Waals surface area contributed by atoms with Gasteiger partial charge in [-0.1, -0.05) is 64.2 Å². The molecule has 2 atom stereocenters. The van der Waals surface area contributed by atoms with Crippen LogP contribution >= 0.6 is 34.8 Å². The number of nitrogens with zero attached hydrogens (tertiary/aromatic N) is 1. The number of aromatic nitrogens is 1. The second kappa shape index (κ2) is 11.3. The molecule has 2 saturated carbocycles. The molecule has 40 heavy (non-hydrogen) atoms. The fourth-order valence-electron chi connectivity index (χ4n) is 5.13. The molecule has 0 spiro atoms. The molecular formula is C31H25Cl3N2O4. The summed E-state index contributed by atoms with van der Waals surface area (Å²) in [5.74, 6) is 2.17. The molecular weight excluding hydrogens is 571 g/mol. The van der Waals surface area contributed by atoms with Crippen molar-refractivity contribution in [2.45, 2.75) is 43.6 Å². The van der Waals surface area contributed by atoms with Gasteiger partial charge in [-0.25, -0.2) is 0 Å². The van der Waals surface area contributed by atoms with Crippen LogP contribution in [0.2, 0.25) is 15.1 Å². The van der Waals surface area contributed by atoms with E-state index in [-0.39, 0.29) is 19.1 Å². The van der Waals surface area contributed by atoms with Crippen molar-refractivity contribution in [3.63, 3.8) is 0 Å². The van der Waals surface area contributed by atoms with Gasteiger partial charge in [0.2, 0.25) is 0 Å². The van der Waals surface area contributed by atoms with Gasteiger partial charge in [-0.05, 0) is 78.6 Å². The van der Waals surface area contributed by atoms with Crippen molar-refractivity contribution in [1.29, 1.82) is 0 Å². The summed E-state index contributed by atoms with van der Waals surface area (Å²) < 4.78 is 11.9. The van der Waals surface area contributed by atoms with Gasteiger partial charge in [-0.3, -0.25) is 4.79 Å². The van der Waals surface area contributed by atoms with E-state index in [9.17, 15) is 9.59 Å². The Morgan fingerprint density at radius 1 is 1.00 bits per heavy atom. The highest BCUT2D eigenvalue weighted by Gasteiger charge is 2.40. The lowest BCUT2D eigenvalue weighted by Gasteiger charge is -2.11. The molecule has 1 amide bonds. The summed E-state index contributed by atoms with van der Waals surface area (Å²) in [4.78, 5) is 22.5. The topological polar surface area (TPSA) is 81.4 Å². The number of halogens is 3. The normalized spacial score (nSPS) is 17.9. The molecule has 4 aromatic rings. The van der Waals surface area contributed by atoms with Gasteiger partial charge in [-0.2, -0.15) is 0 Å². The summed E-state index contributed by atoms with van der Waals surface area (Å²) in [5, 5.41) is 8.54. The van der Waals surface area contributed by atoms with Crippen LogP contribution in [0.1, 0.15) is 69.8 Å². The molecule has 2 aliphatic rings. The number of benzene rings is 3. The molecule has 2 aliphatic carbocycles. The summed E-state index contributed by atoms with van der Waals surface area (Å²) in [6.07, 6.45) is 3.74. The van der Waals surface area contributed by atoms with Gasteiger partial charge in [0.1, 0.15) is 30.1 Å². The van der Waals surface area contributed by atoms with Crippen molar-refractivity contribution in [2.75, 3.05) is 6.54 Å². The van der Waals surface area contributed by atoms with E-state index in [2.05, 4.69) is 10.5 Å². The molecule has 3 aromatic carbocycles. The van der Waals surface area contributed by atoms with Crippen molar-refractivity contribution in [3.8, 4) is 17.0 Å². The van der Waals surface area contributed by atoms with Crippen molar-refractivity contribution in [1.82, 2.24) is 10.5 Å². The fourth-order valence-corrected chi connectivity index (χ4v) is 6.01. The number of rotatable bonds is 10. The lowest BCUT2D eigenvalue weighted by molar-refractivity contribution is -0.107. The van der Waals surface area contributed by atoms with Gasteiger partial charge in [0, 0.05) is 22.1 Å². The van der Waals surface area contributed by atoms with Crippen molar-refractivity contribution in [3.05, 3.63) is 104 Å². The summed E-state index contributed by atoms with van der Waals surface area (Å²) in [7, 11) is 0. The SMILES string of the molecule is O=CCNC(=O)c1ccc(C2CC2c2ccc(OCc3c(-c4c(Cl)cccc4Cl)noc3C3CC3)cc2Cl)cc1. The van der Waals surface area contributed by atoms with E-state index in [1.54, 1.807) is 30.3 Å². The maximum atomic E-state index is 12.0. The fraction of sp³-hybridized carbons (Fsp3) is 0.258. The van der Waals surface area contributed by atoms with Crippen LogP contribution in [0.5, 0.6) is 5.75 Å². The molecule has 0 aliphatic heterocycles. The van der Waals surface area contributed by atoms with Crippen LogP contribution in [-0.2, 0) is 11.4 Å². The minimum absolute atomic E-state index is 0.00102. The summed E-state index contributed by atoms with van der Waals surface area (Å²) in [6, 6.07) is 18.7. The maximum absolute atomic E-state index is 12.0. The number of hydrogen-bond acceptors (Lipinski definition) is 5. The van der Waals surface area contributed by atoms with Crippen molar-refractivity contribution >= 4 is 47.0 Å². The Bertz CT molecular complexity index is 1560. The Kier molecular flexibility index (Phi) is 7.58. The van der Waals surface area contributed by atoms with Gasteiger partial charge in [0.15, 0.2) is 0 Å². The first-order valence-corrected chi connectivity index (χ1v) is 14.2. The number of carbonyl (C=O) groups excluding carboxylic acids is 2. The van der Waals surface area contributed by atoms with Gasteiger partial charge in [0.25, 0.3) is 5.91 Å². The molecule has 6 nitrogen and oxygen atoms in total. The third-order valence-corrected chi connectivity index (χ3v) is 8.42. The number of aldehydes is 1. The van der Waals surface area contributed by atoms with Crippen molar-refractivity contribution < 1.29 is 18.8 Å². The first kappa shape index (κ1) is 26.9. The number of nitrogens with one attached hydrogen (secondary N) is 1.